The molecule has 0 saturated carbocycles. The number of benzene rings is 1. The SMILES string of the molecule is C=C(CC(=O)O)C(=O)O.C=CC(N)=O.CCCCO.c1ccccc1. The van der Waals surface area contributed by atoms with E-state index in [2.05, 4.69) is 25.8 Å². The van der Waals surface area contributed by atoms with Gasteiger partial charge in [-0.3, -0.25) is 9.59 Å². The van der Waals surface area contributed by atoms with Crippen LogP contribution >= 0.6 is 0 Å². The molecule has 0 atom stereocenters. The van der Waals surface area contributed by atoms with Crippen LogP contribution in [0.3, 0.4) is 0 Å². The van der Waals surface area contributed by atoms with Crippen molar-refractivity contribution >= 4 is 17.8 Å². The lowest BCUT2D eigenvalue weighted by molar-refractivity contribution is -0.139. The van der Waals surface area contributed by atoms with Crippen LogP contribution in [-0.2, 0) is 14.4 Å². The van der Waals surface area contributed by atoms with Gasteiger partial charge in [0.15, 0.2) is 0 Å². The van der Waals surface area contributed by atoms with E-state index in [1.807, 2.05) is 36.4 Å². The van der Waals surface area contributed by atoms with Gasteiger partial charge in [0, 0.05) is 12.2 Å². The Hall–Kier alpha value is -2.93. The van der Waals surface area contributed by atoms with Crippen molar-refractivity contribution in [3.8, 4) is 0 Å². The van der Waals surface area contributed by atoms with Crippen LogP contribution in [0, 0.1) is 0 Å². The summed E-state index contributed by atoms with van der Waals surface area (Å²) in [6.07, 6.45) is 2.59. The van der Waals surface area contributed by atoms with E-state index in [9.17, 15) is 14.4 Å². The Balaban J connectivity index is -0.000000267. The molecular formula is C18H27NO6. The highest BCUT2D eigenvalue weighted by Gasteiger charge is 2.07. The van der Waals surface area contributed by atoms with Crippen LogP contribution in [0.25, 0.3) is 0 Å². The third-order valence-corrected chi connectivity index (χ3v) is 2.05. The number of hydrogen-bond acceptors (Lipinski definition) is 4. The standard InChI is InChI=1S/C6H6.C5H6O4.C4H10O.C3H5NO/c1-2-4-6-5-3-1;1-3(5(8)9)2-4(6)7;1-2-3-4-5;1-2-3(4)5/h1-6H;1-2H2,(H,6,7)(H,8,9);5H,2-4H2,1H3;2H,1H2,(H2,4,5). The minimum atomic E-state index is -1.27. The Kier molecular flexibility index (Phi) is 22.7. The fourth-order valence-corrected chi connectivity index (χ4v) is 0.801. The summed E-state index contributed by atoms with van der Waals surface area (Å²) in [5, 5.41) is 24.1. The predicted molar refractivity (Wildman–Crippen MR) is 96.9 cm³/mol. The summed E-state index contributed by atoms with van der Waals surface area (Å²) >= 11 is 0. The van der Waals surface area contributed by atoms with Crippen molar-refractivity contribution in [2.24, 2.45) is 5.73 Å². The molecule has 1 aromatic carbocycles. The highest BCUT2D eigenvalue weighted by molar-refractivity contribution is 5.91. The summed E-state index contributed by atoms with van der Waals surface area (Å²) in [6.45, 7) is 8.50. The van der Waals surface area contributed by atoms with Gasteiger partial charge in [0.2, 0.25) is 5.91 Å². The molecule has 0 radical (unpaired) electrons. The first-order valence-electron chi connectivity index (χ1n) is 7.38. The van der Waals surface area contributed by atoms with Gasteiger partial charge >= 0.3 is 11.9 Å². The molecular weight excluding hydrogens is 326 g/mol. The first-order valence-corrected chi connectivity index (χ1v) is 7.38. The molecule has 0 aliphatic rings. The maximum absolute atomic E-state index is 9.87. The number of unbranched alkanes of at least 4 members (excludes halogenated alkanes) is 1. The number of aliphatic hydroxyl groups excluding tert-OH is 1. The topological polar surface area (TPSA) is 138 Å². The van der Waals surface area contributed by atoms with Gasteiger partial charge in [-0.05, 0) is 12.5 Å². The number of carbonyl (C=O) groups is 3. The minimum Gasteiger partial charge on any atom is -0.481 e. The third kappa shape index (κ3) is 33.7. The van der Waals surface area contributed by atoms with Crippen molar-refractivity contribution in [2.45, 2.75) is 26.2 Å². The molecule has 1 amide bonds. The lowest BCUT2D eigenvalue weighted by Crippen LogP contribution is -2.04. The number of aliphatic carboxylic acids is 2. The first kappa shape index (κ1) is 26.9. The summed E-state index contributed by atoms with van der Waals surface area (Å²) in [5.74, 6) is -2.93. The maximum atomic E-state index is 9.87. The lowest BCUT2D eigenvalue weighted by Gasteiger charge is -1.91. The van der Waals surface area contributed by atoms with Crippen molar-refractivity contribution in [3.63, 3.8) is 0 Å². The number of aliphatic hydroxyl groups is 1. The summed E-state index contributed by atoms with van der Waals surface area (Å²) in [6, 6.07) is 12.0. The zero-order valence-electron chi connectivity index (χ0n) is 14.4. The Morgan fingerprint density at radius 3 is 1.48 bits per heavy atom. The van der Waals surface area contributed by atoms with Crippen LogP contribution in [0.1, 0.15) is 26.2 Å². The molecule has 0 saturated heterocycles. The fraction of sp³-hybridized carbons (Fsp3) is 0.278. The van der Waals surface area contributed by atoms with Gasteiger partial charge in [-0.15, -0.1) is 0 Å². The van der Waals surface area contributed by atoms with E-state index in [4.69, 9.17) is 15.3 Å². The number of hydrogen-bond donors (Lipinski definition) is 4. The Labute approximate surface area is 148 Å². The number of primary amides is 1. The van der Waals surface area contributed by atoms with Gasteiger partial charge in [-0.2, -0.15) is 0 Å². The molecule has 1 rings (SSSR count). The van der Waals surface area contributed by atoms with Crippen molar-refractivity contribution in [1.29, 1.82) is 0 Å². The summed E-state index contributed by atoms with van der Waals surface area (Å²) in [4.78, 5) is 29.1. The molecule has 0 aliphatic carbocycles. The normalized spacial score (nSPS) is 7.92. The first-order chi connectivity index (χ1) is 11.7. The zero-order chi connectivity index (χ0) is 20.1. The van der Waals surface area contributed by atoms with E-state index in [-0.39, 0.29) is 5.57 Å². The van der Waals surface area contributed by atoms with Crippen LogP contribution < -0.4 is 5.73 Å². The molecule has 1 aromatic rings. The van der Waals surface area contributed by atoms with Gasteiger partial charge < -0.3 is 21.1 Å². The molecule has 140 valence electrons. The van der Waals surface area contributed by atoms with Crippen LogP contribution in [0.15, 0.2) is 61.2 Å². The number of nitrogens with two attached hydrogens (primary N) is 1. The van der Waals surface area contributed by atoms with Crippen molar-refractivity contribution in [3.05, 3.63) is 61.2 Å². The van der Waals surface area contributed by atoms with Crippen molar-refractivity contribution in [2.75, 3.05) is 6.61 Å². The van der Waals surface area contributed by atoms with Crippen molar-refractivity contribution in [1.82, 2.24) is 0 Å². The van der Waals surface area contributed by atoms with Crippen LogP contribution in [0.2, 0.25) is 0 Å². The minimum absolute atomic E-state index is 0.303. The third-order valence-electron chi connectivity index (χ3n) is 2.05. The molecule has 0 heterocycles. The summed E-state index contributed by atoms with van der Waals surface area (Å²) < 4.78 is 0. The van der Waals surface area contributed by atoms with Crippen molar-refractivity contribution < 1.29 is 29.7 Å². The highest BCUT2D eigenvalue weighted by atomic mass is 16.4. The molecule has 0 aliphatic heterocycles. The quantitative estimate of drug-likeness (QED) is 0.579. The molecule has 0 bridgehead atoms. The van der Waals surface area contributed by atoms with E-state index in [0.29, 0.717) is 6.61 Å². The Bertz CT molecular complexity index is 471. The van der Waals surface area contributed by atoms with Gasteiger partial charge in [0.25, 0.3) is 0 Å². The molecule has 7 nitrogen and oxygen atoms in total. The second kappa shape index (κ2) is 21.1. The summed E-state index contributed by atoms with van der Waals surface area (Å²) in [7, 11) is 0. The summed E-state index contributed by atoms with van der Waals surface area (Å²) in [5.41, 5.74) is 4.23. The second-order valence-corrected chi connectivity index (χ2v) is 4.32. The second-order valence-electron chi connectivity index (χ2n) is 4.32. The molecule has 0 unspecified atom stereocenters. The Morgan fingerprint density at radius 1 is 1.04 bits per heavy atom. The average Bonchev–Trinajstić information content (AvgIpc) is 2.58. The Morgan fingerprint density at radius 2 is 1.40 bits per heavy atom. The van der Waals surface area contributed by atoms with Gasteiger partial charge in [0.1, 0.15) is 0 Å². The maximum Gasteiger partial charge on any atom is 0.331 e. The van der Waals surface area contributed by atoms with E-state index in [0.717, 1.165) is 18.9 Å². The number of carboxylic acids is 2. The van der Waals surface area contributed by atoms with E-state index in [1.54, 1.807) is 0 Å². The van der Waals surface area contributed by atoms with E-state index >= 15 is 0 Å². The number of amides is 1. The van der Waals surface area contributed by atoms with Gasteiger partial charge in [-0.1, -0.05) is 62.9 Å². The molecule has 7 heteroatoms. The van der Waals surface area contributed by atoms with Crippen LogP contribution in [-0.4, -0.2) is 39.8 Å². The van der Waals surface area contributed by atoms with Crippen LogP contribution in [0.4, 0.5) is 0 Å². The number of carbonyl (C=O) groups excluding carboxylic acids is 1. The predicted octanol–water partition coefficient (Wildman–Crippen LogP) is 2.22. The fourth-order valence-electron chi connectivity index (χ4n) is 0.801. The average molecular weight is 353 g/mol. The zero-order valence-corrected chi connectivity index (χ0v) is 14.4. The van der Waals surface area contributed by atoms with Gasteiger partial charge in [0.05, 0.1) is 6.42 Å². The van der Waals surface area contributed by atoms with Gasteiger partial charge in [-0.25, -0.2) is 4.79 Å². The number of carboxylic acid groups (broad SMARTS) is 2. The molecule has 0 aromatic heterocycles. The van der Waals surface area contributed by atoms with Crippen LogP contribution in [0.5, 0.6) is 0 Å². The van der Waals surface area contributed by atoms with E-state index in [1.165, 1.54) is 0 Å². The monoisotopic (exact) mass is 353 g/mol. The molecule has 0 spiro atoms. The smallest absolute Gasteiger partial charge is 0.331 e. The molecule has 0 fully saturated rings. The highest BCUT2D eigenvalue weighted by Crippen LogP contribution is 1.95. The molecule has 25 heavy (non-hydrogen) atoms. The lowest BCUT2D eigenvalue weighted by atomic mass is 10.2. The largest absolute Gasteiger partial charge is 0.481 e. The van der Waals surface area contributed by atoms with E-state index < -0.39 is 24.3 Å². The molecule has 5 N–H and O–H groups in total. The number of rotatable bonds is 6.